The summed E-state index contributed by atoms with van der Waals surface area (Å²) in [5, 5.41) is 3.20. The highest BCUT2D eigenvalue weighted by molar-refractivity contribution is 5.63. The molecule has 1 aromatic heterocycles. The Kier molecular flexibility index (Phi) is 4.09. The van der Waals surface area contributed by atoms with Crippen LogP contribution in [0.3, 0.4) is 0 Å². The summed E-state index contributed by atoms with van der Waals surface area (Å²) in [4.78, 5) is 8.34. The van der Waals surface area contributed by atoms with Crippen LogP contribution in [-0.4, -0.2) is 16.6 Å². The van der Waals surface area contributed by atoms with E-state index in [2.05, 4.69) is 15.3 Å². The molecule has 0 radical (unpaired) electrons. The molecule has 94 valence electrons. The van der Waals surface area contributed by atoms with Crippen molar-refractivity contribution in [2.45, 2.75) is 13.5 Å². The number of hydrogen-bond donors (Lipinski definition) is 2. The van der Waals surface area contributed by atoms with E-state index in [0.717, 1.165) is 11.4 Å². The molecule has 5 heteroatoms. The lowest BCUT2D eigenvalue weighted by molar-refractivity contribution is 0.342. The van der Waals surface area contributed by atoms with Gasteiger partial charge in [0.05, 0.1) is 18.8 Å². The van der Waals surface area contributed by atoms with Gasteiger partial charge in [-0.1, -0.05) is 12.1 Å². The molecule has 1 heterocycles. The Balaban J connectivity index is 2.22. The highest BCUT2D eigenvalue weighted by Crippen LogP contribution is 2.26. The number of anilines is 2. The third-order valence-electron chi connectivity index (χ3n) is 2.34. The van der Waals surface area contributed by atoms with Gasteiger partial charge in [0.1, 0.15) is 17.4 Å². The summed E-state index contributed by atoms with van der Waals surface area (Å²) in [7, 11) is 0. The number of ether oxygens (including phenoxy) is 1. The Morgan fingerprint density at radius 1 is 1.28 bits per heavy atom. The number of nitrogens with one attached hydrogen (secondary N) is 1. The molecule has 0 aliphatic heterocycles. The maximum Gasteiger partial charge on any atom is 0.144 e. The molecule has 0 aliphatic rings. The summed E-state index contributed by atoms with van der Waals surface area (Å²) in [6.45, 7) is 2.90. The first-order valence-electron chi connectivity index (χ1n) is 5.84. The second kappa shape index (κ2) is 5.97. The fourth-order valence-corrected chi connectivity index (χ4v) is 1.56. The van der Waals surface area contributed by atoms with E-state index in [1.165, 1.54) is 0 Å². The van der Waals surface area contributed by atoms with Crippen molar-refractivity contribution in [3.05, 3.63) is 42.4 Å². The second-order valence-corrected chi connectivity index (χ2v) is 3.62. The molecule has 0 amide bonds. The Hall–Kier alpha value is -2.14. The fraction of sp³-hybridized carbons (Fsp3) is 0.231. The van der Waals surface area contributed by atoms with E-state index in [9.17, 15) is 0 Å². The maximum absolute atomic E-state index is 5.54. The first-order valence-corrected chi connectivity index (χ1v) is 5.84. The minimum absolute atomic E-state index is 0.322. The molecule has 1 aromatic carbocycles. The Labute approximate surface area is 106 Å². The van der Waals surface area contributed by atoms with Crippen molar-refractivity contribution in [2.24, 2.45) is 5.73 Å². The number of benzene rings is 1. The molecule has 0 aliphatic carbocycles. The van der Waals surface area contributed by atoms with Crippen LogP contribution in [0.4, 0.5) is 11.5 Å². The number of nitrogens with zero attached hydrogens (tertiary/aromatic N) is 2. The first kappa shape index (κ1) is 12.3. The molecule has 0 atom stereocenters. The van der Waals surface area contributed by atoms with Crippen molar-refractivity contribution in [1.82, 2.24) is 9.97 Å². The van der Waals surface area contributed by atoms with Gasteiger partial charge in [-0.3, -0.25) is 0 Å². The maximum atomic E-state index is 5.54. The van der Waals surface area contributed by atoms with Crippen molar-refractivity contribution in [3.63, 3.8) is 0 Å². The van der Waals surface area contributed by atoms with Crippen LogP contribution in [0.2, 0.25) is 0 Å². The van der Waals surface area contributed by atoms with E-state index in [4.69, 9.17) is 10.5 Å². The first-order chi connectivity index (χ1) is 8.83. The molecule has 18 heavy (non-hydrogen) atoms. The van der Waals surface area contributed by atoms with Gasteiger partial charge >= 0.3 is 0 Å². The summed E-state index contributed by atoms with van der Waals surface area (Å²) in [6.07, 6.45) is 1.68. The van der Waals surface area contributed by atoms with E-state index in [1.54, 1.807) is 12.3 Å². The van der Waals surface area contributed by atoms with Crippen molar-refractivity contribution in [3.8, 4) is 5.75 Å². The summed E-state index contributed by atoms with van der Waals surface area (Å²) >= 11 is 0. The van der Waals surface area contributed by atoms with Crippen molar-refractivity contribution in [2.75, 3.05) is 11.9 Å². The van der Waals surface area contributed by atoms with Crippen LogP contribution >= 0.6 is 0 Å². The van der Waals surface area contributed by atoms with Gasteiger partial charge in [-0.25, -0.2) is 9.97 Å². The van der Waals surface area contributed by atoms with E-state index < -0.39 is 0 Å². The topological polar surface area (TPSA) is 73.1 Å². The van der Waals surface area contributed by atoms with Crippen LogP contribution in [0.5, 0.6) is 5.75 Å². The molecule has 2 rings (SSSR count). The summed E-state index contributed by atoms with van der Waals surface area (Å²) in [5.41, 5.74) is 6.39. The largest absolute Gasteiger partial charge is 0.492 e. The van der Waals surface area contributed by atoms with Crippen LogP contribution in [0.25, 0.3) is 0 Å². The Morgan fingerprint density at radius 2 is 2.11 bits per heavy atom. The average molecular weight is 244 g/mol. The van der Waals surface area contributed by atoms with Gasteiger partial charge in [-0.05, 0) is 25.1 Å². The zero-order chi connectivity index (χ0) is 12.8. The SMILES string of the molecule is CCOc1ccccc1Nc1ccnc(CN)n1. The number of rotatable bonds is 5. The molecule has 0 saturated carbocycles. The highest BCUT2D eigenvalue weighted by Gasteiger charge is 2.04. The lowest BCUT2D eigenvalue weighted by Gasteiger charge is -2.11. The molecule has 0 unspecified atom stereocenters. The Bertz CT molecular complexity index is 516. The van der Waals surface area contributed by atoms with Gasteiger partial charge in [-0.15, -0.1) is 0 Å². The molecule has 0 bridgehead atoms. The van der Waals surface area contributed by atoms with Crippen molar-refractivity contribution < 1.29 is 4.74 Å². The molecule has 0 fully saturated rings. The van der Waals surface area contributed by atoms with Crippen LogP contribution in [0.1, 0.15) is 12.7 Å². The van der Waals surface area contributed by atoms with Gasteiger partial charge in [0.2, 0.25) is 0 Å². The van der Waals surface area contributed by atoms with Crippen LogP contribution in [0.15, 0.2) is 36.5 Å². The molecule has 5 nitrogen and oxygen atoms in total. The lowest BCUT2D eigenvalue weighted by atomic mass is 10.3. The molecule has 0 saturated heterocycles. The summed E-state index contributed by atoms with van der Waals surface area (Å²) in [6, 6.07) is 9.52. The average Bonchev–Trinajstić information content (AvgIpc) is 2.41. The standard InChI is InChI=1S/C13H16N4O/c1-2-18-11-6-4-3-5-10(11)16-12-7-8-15-13(9-14)17-12/h3-8H,2,9,14H2,1H3,(H,15,16,17). The number of hydrogen-bond acceptors (Lipinski definition) is 5. The van der Waals surface area contributed by atoms with Crippen molar-refractivity contribution >= 4 is 11.5 Å². The Morgan fingerprint density at radius 3 is 2.89 bits per heavy atom. The zero-order valence-corrected chi connectivity index (χ0v) is 10.3. The van der Waals surface area contributed by atoms with Crippen LogP contribution in [-0.2, 0) is 6.54 Å². The summed E-state index contributed by atoms with van der Waals surface area (Å²) < 4.78 is 5.54. The number of para-hydroxylation sites is 2. The quantitative estimate of drug-likeness (QED) is 0.842. The van der Waals surface area contributed by atoms with Crippen LogP contribution in [0, 0.1) is 0 Å². The van der Waals surface area contributed by atoms with Gasteiger partial charge in [0, 0.05) is 6.20 Å². The predicted octanol–water partition coefficient (Wildman–Crippen LogP) is 2.08. The predicted molar refractivity (Wildman–Crippen MR) is 70.8 cm³/mol. The minimum atomic E-state index is 0.322. The monoisotopic (exact) mass is 244 g/mol. The number of aromatic nitrogens is 2. The van der Waals surface area contributed by atoms with E-state index in [0.29, 0.717) is 24.8 Å². The van der Waals surface area contributed by atoms with E-state index in [1.807, 2.05) is 31.2 Å². The summed E-state index contributed by atoms with van der Waals surface area (Å²) in [5.74, 6) is 2.11. The normalized spacial score (nSPS) is 10.1. The van der Waals surface area contributed by atoms with E-state index in [-0.39, 0.29) is 0 Å². The molecule has 2 aromatic rings. The second-order valence-electron chi connectivity index (χ2n) is 3.62. The van der Waals surface area contributed by atoms with Crippen LogP contribution < -0.4 is 15.8 Å². The molecule has 0 spiro atoms. The van der Waals surface area contributed by atoms with Gasteiger partial charge in [-0.2, -0.15) is 0 Å². The van der Waals surface area contributed by atoms with Gasteiger partial charge < -0.3 is 15.8 Å². The smallest absolute Gasteiger partial charge is 0.144 e. The zero-order valence-electron chi connectivity index (χ0n) is 10.3. The third kappa shape index (κ3) is 2.95. The third-order valence-corrected chi connectivity index (χ3v) is 2.34. The fourth-order valence-electron chi connectivity index (χ4n) is 1.56. The lowest BCUT2D eigenvalue weighted by Crippen LogP contribution is -2.05. The van der Waals surface area contributed by atoms with Crippen molar-refractivity contribution in [1.29, 1.82) is 0 Å². The van der Waals surface area contributed by atoms with Gasteiger partial charge in [0.25, 0.3) is 0 Å². The minimum Gasteiger partial charge on any atom is -0.492 e. The number of nitrogens with two attached hydrogens (primary N) is 1. The molecule has 3 N–H and O–H groups in total. The molecular formula is C13H16N4O. The molecular weight excluding hydrogens is 228 g/mol. The van der Waals surface area contributed by atoms with Gasteiger partial charge in [0.15, 0.2) is 0 Å². The highest BCUT2D eigenvalue weighted by atomic mass is 16.5. The van der Waals surface area contributed by atoms with E-state index >= 15 is 0 Å².